The average Bonchev–Trinajstić information content (AvgIpc) is 3.36. The fourth-order valence-corrected chi connectivity index (χ4v) is 9.23. The second-order valence-corrected chi connectivity index (χ2v) is 13.2. The van der Waals surface area contributed by atoms with E-state index >= 15 is 0 Å². The van der Waals surface area contributed by atoms with Crippen LogP contribution in [0.3, 0.4) is 0 Å². The lowest BCUT2D eigenvalue weighted by Crippen LogP contribution is -2.60. The third-order valence-electron chi connectivity index (χ3n) is 7.16. The monoisotopic (exact) mass is 556 g/mol. The molecule has 2 bridgehead atoms. The maximum absolute atomic E-state index is 14.2. The number of carbonyl (C=O) groups is 3. The van der Waals surface area contributed by atoms with Crippen LogP contribution in [0.4, 0.5) is 0 Å². The summed E-state index contributed by atoms with van der Waals surface area (Å²) in [6.45, 7) is 15.5. The van der Waals surface area contributed by atoms with E-state index in [2.05, 4.69) is 29.1 Å². The number of rotatable bonds is 10. The van der Waals surface area contributed by atoms with Crippen molar-refractivity contribution in [1.29, 1.82) is 0 Å². The van der Waals surface area contributed by atoms with Gasteiger partial charge in [-0.25, -0.2) is 0 Å². The number of esters is 1. The van der Waals surface area contributed by atoms with Gasteiger partial charge in [0.2, 0.25) is 11.8 Å². The highest BCUT2D eigenvalue weighted by molar-refractivity contribution is 9.09. The van der Waals surface area contributed by atoms with Gasteiger partial charge in [-0.05, 0) is 47.0 Å². The van der Waals surface area contributed by atoms with Crippen LogP contribution < -0.4 is 0 Å². The Balaban J connectivity index is 2.03. The molecule has 2 amide bonds. The van der Waals surface area contributed by atoms with Crippen LogP contribution in [0, 0.1) is 11.8 Å². The minimum Gasteiger partial charge on any atom is -0.465 e. The number of aliphatic hydroxyl groups is 1. The second kappa shape index (κ2) is 10.3. The van der Waals surface area contributed by atoms with Crippen LogP contribution in [0.15, 0.2) is 25.3 Å². The first-order valence-corrected chi connectivity index (χ1v) is 13.7. The number of carbonyl (C=O) groups excluding carboxylic acids is 3. The molecule has 0 aromatic heterocycles. The van der Waals surface area contributed by atoms with Crippen LogP contribution in [-0.2, 0) is 19.1 Å². The number of allylic oxidation sites excluding steroid dienone is 1. The Kier molecular flexibility index (Phi) is 8.30. The standard InChI is InChI=1S/C25H37BrN2O5S/c1-7-9-10-12-33-23(32)17-18-21(30)28(15(3)14-29)20(25(18)13-16(26)19(17)34-25)22(31)27(11-8-2)24(4,5)6/h7-8,15-20,29H,1-2,9-14H2,3-6H3/t15-,16?,17+,18+,19+,20?,25?/m1/s1. The zero-order valence-corrected chi connectivity index (χ0v) is 22.9. The number of halogens is 1. The largest absolute Gasteiger partial charge is 0.465 e. The predicted octanol–water partition coefficient (Wildman–Crippen LogP) is 3.15. The maximum Gasteiger partial charge on any atom is 0.310 e. The molecule has 9 heteroatoms. The van der Waals surface area contributed by atoms with Crippen LogP contribution in [-0.4, -0.2) is 84.9 Å². The van der Waals surface area contributed by atoms with Crippen molar-refractivity contribution >= 4 is 45.5 Å². The zero-order chi connectivity index (χ0) is 25.4. The number of fused-ring (bicyclic) bond motifs is 1. The molecular formula is C25H37BrN2O5S. The van der Waals surface area contributed by atoms with Crippen molar-refractivity contribution in [2.24, 2.45) is 11.8 Å². The van der Waals surface area contributed by atoms with Crippen molar-refractivity contribution in [3.8, 4) is 0 Å². The highest BCUT2D eigenvalue weighted by Gasteiger charge is 2.76. The zero-order valence-electron chi connectivity index (χ0n) is 20.5. The summed E-state index contributed by atoms with van der Waals surface area (Å²) in [5.41, 5.74) is -0.490. The number of amides is 2. The second-order valence-electron chi connectivity index (χ2n) is 10.4. The van der Waals surface area contributed by atoms with Crippen molar-refractivity contribution in [3.63, 3.8) is 0 Å². The first-order valence-electron chi connectivity index (χ1n) is 11.9. The number of hydrogen-bond donors (Lipinski definition) is 1. The van der Waals surface area contributed by atoms with Gasteiger partial charge >= 0.3 is 5.97 Å². The molecule has 0 aromatic rings. The topological polar surface area (TPSA) is 87.1 Å². The summed E-state index contributed by atoms with van der Waals surface area (Å²) in [4.78, 5) is 44.5. The molecule has 7 atom stereocenters. The van der Waals surface area contributed by atoms with E-state index in [0.717, 1.165) is 6.42 Å². The van der Waals surface area contributed by atoms with E-state index in [1.54, 1.807) is 40.6 Å². The minimum absolute atomic E-state index is 0.0190. The molecule has 0 saturated carbocycles. The van der Waals surface area contributed by atoms with Gasteiger partial charge in [-0.2, -0.15) is 0 Å². The summed E-state index contributed by atoms with van der Waals surface area (Å²) < 4.78 is 4.83. The molecule has 0 aromatic carbocycles. The van der Waals surface area contributed by atoms with E-state index in [0.29, 0.717) is 19.4 Å². The van der Waals surface area contributed by atoms with Gasteiger partial charge in [0.25, 0.3) is 0 Å². The fourth-order valence-electron chi connectivity index (χ4n) is 5.65. The number of ether oxygens (including phenoxy) is 1. The van der Waals surface area contributed by atoms with E-state index in [1.165, 1.54) is 0 Å². The highest BCUT2D eigenvalue weighted by atomic mass is 79.9. The van der Waals surface area contributed by atoms with Crippen molar-refractivity contribution in [2.45, 2.75) is 79.4 Å². The van der Waals surface area contributed by atoms with Crippen LogP contribution in [0.2, 0.25) is 0 Å². The van der Waals surface area contributed by atoms with Crippen LogP contribution >= 0.6 is 27.7 Å². The Morgan fingerprint density at radius 2 is 2.06 bits per heavy atom. The summed E-state index contributed by atoms with van der Waals surface area (Å²) in [6.07, 6.45) is 5.48. The molecule has 7 nitrogen and oxygen atoms in total. The van der Waals surface area contributed by atoms with Crippen LogP contribution in [0.1, 0.15) is 47.0 Å². The van der Waals surface area contributed by atoms with E-state index < -0.39 is 34.2 Å². The van der Waals surface area contributed by atoms with Gasteiger partial charge < -0.3 is 19.6 Å². The predicted molar refractivity (Wildman–Crippen MR) is 138 cm³/mol. The number of likely N-dealkylation sites (tertiary alicyclic amines) is 1. The average molecular weight is 558 g/mol. The van der Waals surface area contributed by atoms with Crippen molar-refractivity contribution < 1.29 is 24.2 Å². The Hall–Kier alpha value is -1.32. The molecule has 3 rings (SSSR count). The van der Waals surface area contributed by atoms with Crippen molar-refractivity contribution in [1.82, 2.24) is 9.80 Å². The number of hydrogen-bond acceptors (Lipinski definition) is 6. The van der Waals surface area contributed by atoms with Gasteiger partial charge in [0.15, 0.2) is 0 Å². The minimum atomic E-state index is -0.778. The molecule has 1 spiro atoms. The molecule has 3 unspecified atom stereocenters. The molecular weight excluding hydrogens is 520 g/mol. The van der Waals surface area contributed by atoms with E-state index in [4.69, 9.17) is 4.74 Å². The maximum atomic E-state index is 14.2. The highest BCUT2D eigenvalue weighted by Crippen LogP contribution is 2.68. The number of thioether (sulfide) groups is 1. The van der Waals surface area contributed by atoms with Crippen molar-refractivity contribution in [2.75, 3.05) is 19.8 Å². The Bertz CT molecular complexity index is 846. The molecule has 1 N–H and O–H groups in total. The number of nitrogens with zero attached hydrogens (tertiary/aromatic N) is 2. The van der Waals surface area contributed by atoms with Gasteiger partial charge in [0.1, 0.15) is 6.04 Å². The molecule has 3 fully saturated rings. The summed E-state index contributed by atoms with van der Waals surface area (Å²) in [6, 6.07) is -1.33. The SMILES string of the molecule is C=CCCCOC(=O)[C@H]1[C@H]2C(=O)N([C@H](C)CO)C(C(=O)N(CC=C)C(C)(C)C)C23CC(Br)[C@@H]1S3. The fraction of sp³-hybridized carbons (Fsp3) is 0.720. The van der Waals surface area contributed by atoms with E-state index in [1.807, 2.05) is 20.8 Å². The summed E-state index contributed by atoms with van der Waals surface area (Å²) in [5.74, 6) is -2.08. The van der Waals surface area contributed by atoms with Gasteiger partial charge in [0.05, 0.1) is 35.8 Å². The molecule has 3 aliphatic rings. The molecule has 3 heterocycles. The Morgan fingerprint density at radius 3 is 2.62 bits per heavy atom. The summed E-state index contributed by atoms with van der Waals surface area (Å²) in [5, 5.41) is 9.84. The third kappa shape index (κ3) is 4.48. The normalized spacial score (nSPS) is 32.9. The van der Waals surface area contributed by atoms with Gasteiger partial charge in [-0.1, -0.05) is 28.1 Å². The van der Waals surface area contributed by atoms with Gasteiger partial charge in [-0.3, -0.25) is 14.4 Å². The first-order chi connectivity index (χ1) is 16.0. The number of aliphatic hydroxyl groups excluding tert-OH is 1. The molecule has 0 radical (unpaired) electrons. The molecule has 0 aliphatic carbocycles. The summed E-state index contributed by atoms with van der Waals surface area (Å²) in [7, 11) is 0. The van der Waals surface area contributed by atoms with E-state index in [-0.39, 0.29) is 41.1 Å². The lowest BCUT2D eigenvalue weighted by Gasteiger charge is -2.43. The summed E-state index contributed by atoms with van der Waals surface area (Å²) >= 11 is 5.32. The lowest BCUT2D eigenvalue weighted by atomic mass is 9.71. The molecule has 190 valence electrons. The Morgan fingerprint density at radius 1 is 1.38 bits per heavy atom. The lowest BCUT2D eigenvalue weighted by molar-refractivity contribution is -0.154. The van der Waals surface area contributed by atoms with Gasteiger partial charge in [0, 0.05) is 22.2 Å². The van der Waals surface area contributed by atoms with Crippen molar-refractivity contribution in [3.05, 3.63) is 25.3 Å². The molecule has 3 aliphatic heterocycles. The van der Waals surface area contributed by atoms with E-state index in [9.17, 15) is 19.5 Å². The van der Waals surface area contributed by atoms with Gasteiger partial charge in [-0.15, -0.1) is 24.9 Å². The first kappa shape index (κ1) is 27.3. The third-order valence-corrected chi connectivity index (χ3v) is 10.4. The number of unbranched alkanes of at least 4 members (excludes halogenated alkanes) is 1. The molecule has 3 saturated heterocycles. The Labute approximate surface area is 215 Å². The molecule has 34 heavy (non-hydrogen) atoms. The number of alkyl halides is 1. The smallest absolute Gasteiger partial charge is 0.310 e. The van der Waals surface area contributed by atoms with Crippen LogP contribution in [0.25, 0.3) is 0 Å². The quantitative estimate of drug-likeness (QED) is 0.192. The van der Waals surface area contributed by atoms with Crippen LogP contribution in [0.5, 0.6) is 0 Å².